The van der Waals surface area contributed by atoms with Crippen LogP contribution in [-0.4, -0.2) is 36.3 Å². The second-order valence-corrected chi connectivity index (χ2v) is 8.72. The Bertz CT molecular complexity index is 921. The molecular formula is C16H17BrFN3O3S. The van der Waals surface area contributed by atoms with E-state index < -0.39 is 21.7 Å². The number of nitrogens with zero attached hydrogens (tertiary/aromatic N) is 2. The van der Waals surface area contributed by atoms with E-state index in [2.05, 4.69) is 21.2 Å². The number of rotatable bonds is 4. The van der Waals surface area contributed by atoms with Gasteiger partial charge in [0.1, 0.15) is 16.4 Å². The van der Waals surface area contributed by atoms with Crippen LogP contribution in [0.2, 0.25) is 0 Å². The second kappa shape index (κ2) is 6.89. The Morgan fingerprint density at radius 3 is 2.56 bits per heavy atom. The fourth-order valence-corrected chi connectivity index (χ4v) is 4.68. The molecular weight excluding hydrogens is 413 g/mol. The van der Waals surface area contributed by atoms with Crippen LogP contribution < -0.4 is 5.32 Å². The fraction of sp³-hybridized carbons (Fsp3) is 0.312. The molecule has 1 aromatic heterocycles. The number of hydrogen-bond acceptors (Lipinski definition) is 3. The number of aryl methyl sites for hydroxylation is 1. The van der Waals surface area contributed by atoms with Crippen molar-refractivity contribution in [2.24, 2.45) is 7.05 Å². The average molecular weight is 430 g/mol. The Labute approximate surface area is 153 Å². The molecule has 6 nitrogen and oxygen atoms in total. The van der Waals surface area contributed by atoms with Gasteiger partial charge in [-0.1, -0.05) is 15.9 Å². The minimum absolute atomic E-state index is 0.0263. The molecule has 2 aromatic rings. The molecule has 0 radical (unpaired) electrons. The van der Waals surface area contributed by atoms with Crippen LogP contribution in [0.25, 0.3) is 0 Å². The van der Waals surface area contributed by atoms with Crippen molar-refractivity contribution in [1.82, 2.24) is 8.87 Å². The van der Waals surface area contributed by atoms with E-state index in [1.165, 1.54) is 33.3 Å². The van der Waals surface area contributed by atoms with Gasteiger partial charge in [-0.05, 0) is 37.1 Å². The monoisotopic (exact) mass is 429 g/mol. The topological polar surface area (TPSA) is 71.4 Å². The lowest BCUT2D eigenvalue weighted by molar-refractivity contribution is 0.101. The molecule has 2 heterocycles. The third-order valence-corrected chi connectivity index (χ3v) is 6.45. The third kappa shape index (κ3) is 3.63. The minimum Gasteiger partial charge on any atom is -0.345 e. The molecule has 134 valence electrons. The molecule has 0 spiro atoms. The van der Waals surface area contributed by atoms with Crippen molar-refractivity contribution < 1.29 is 17.6 Å². The molecule has 0 aliphatic carbocycles. The number of aromatic nitrogens is 1. The Hall–Kier alpha value is -1.71. The van der Waals surface area contributed by atoms with Crippen LogP contribution in [0.3, 0.4) is 0 Å². The standard InChI is InChI=1S/C16H17BrFN3O3S/c1-20-10-12(25(23,24)21-6-2-3-7-21)9-15(20)16(22)19-14-5-4-11(17)8-13(14)18/h4-5,8-10H,2-3,6-7H2,1H3,(H,19,22). The summed E-state index contributed by atoms with van der Waals surface area (Å²) in [5, 5.41) is 2.46. The molecule has 3 rings (SSSR count). The molecule has 1 fully saturated rings. The second-order valence-electron chi connectivity index (χ2n) is 5.86. The number of amides is 1. The summed E-state index contributed by atoms with van der Waals surface area (Å²) in [4.78, 5) is 12.5. The fourth-order valence-electron chi connectivity index (χ4n) is 2.76. The Morgan fingerprint density at radius 1 is 1.24 bits per heavy atom. The van der Waals surface area contributed by atoms with Gasteiger partial charge in [0.2, 0.25) is 10.0 Å². The summed E-state index contributed by atoms with van der Waals surface area (Å²) in [5.74, 6) is -1.16. The molecule has 0 unspecified atom stereocenters. The number of nitrogens with one attached hydrogen (secondary N) is 1. The quantitative estimate of drug-likeness (QED) is 0.811. The van der Waals surface area contributed by atoms with Crippen LogP contribution in [0.4, 0.5) is 10.1 Å². The molecule has 1 saturated heterocycles. The van der Waals surface area contributed by atoms with Crippen molar-refractivity contribution in [2.75, 3.05) is 18.4 Å². The molecule has 25 heavy (non-hydrogen) atoms. The maximum absolute atomic E-state index is 13.9. The summed E-state index contributed by atoms with van der Waals surface area (Å²) < 4.78 is 42.4. The number of hydrogen-bond donors (Lipinski definition) is 1. The number of carbonyl (C=O) groups excluding carboxylic acids is 1. The van der Waals surface area contributed by atoms with Crippen molar-refractivity contribution in [3.05, 3.63) is 46.4 Å². The first-order valence-corrected chi connectivity index (χ1v) is 9.95. The van der Waals surface area contributed by atoms with Gasteiger partial charge in [-0.3, -0.25) is 4.79 Å². The summed E-state index contributed by atoms with van der Waals surface area (Å²) in [6, 6.07) is 5.60. The van der Waals surface area contributed by atoms with Gasteiger partial charge in [-0.25, -0.2) is 12.8 Å². The highest BCUT2D eigenvalue weighted by Crippen LogP contribution is 2.24. The predicted molar refractivity (Wildman–Crippen MR) is 95.5 cm³/mol. The van der Waals surface area contributed by atoms with Crippen LogP contribution in [0.15, 0.2) is 39.8 Å². The van der Waals surface area contributed by atoms with Crippen molar-refractivity contribution in [2.45, 2.75) is 17.7 Å². The van der Waals surface area contributed by atoms with Crippen LogP contribution >= 0.6 is 15.9 Å². The van der Waals surface area contributed by atoms with Crippen LogP contribution in [-0.2, 0) is 17.1 Å². The first kappa shape index (κ1) is 18.1. The molecule has 0 bridgehead atoms. The summed E-state index contributed by atoms with van der Waals surface area (Å²) in [5.41, 5.74) is 0.165. The number of carbonyl (C=O) groups is 1. The molecule has 1 amide bonds. The van der Waals surface area contributed by atoms with Crippen molar-refractivity contribution >= 4 is 37.5 Å². The van der Waals surface area contributed by atoms with Crippen LogP contribution in [0.5, 0.6) is 0 Å². The lowest BCUT2D eigenvalue weighted by Gasteiger charge is -2.13. The zero-order valence-corrected chi connectivity index (χ0v) is 15.9. The SMILES string of the molecule is Cn1cc(S(=O)(=O)N2CCCC2)cc1C(=O)Nc1ccc(Br)cc1F. The molecule has 1 aromatic carbocycles. The summed E-state index contributed by atoms with van der Waals surface area (Å²) in [6.45, 7) is 0.978. The Kier molecular flexibility index (Phi) is 4.99. The molecule has 0 saturated carbocycles. The van der Waals surface area contributed by atoms with Crippen molar-refractivity contribution in [3.8, 4) is 0 Å². The van der Waals surface area contributed by atoms with E-state index in [0.29, 0.717) is 17.6 Å². The first-order chi connectivity index (χ1) is 11.8. The van der Waals surface area contributed by atoms with Gasteiger partial charge in [0.05, 0.1) is 5.69 Å². The largest absolute Gasteiger partial charge is 0.345 e. The predicted octanol–water partition coefficient (Wildman–Crippen LogP) is 2.96. The molecule has 1 N–H and O–H groups in total. The van der Waals surface area contributed by atoms with E-state index in [1.807, 2.05) is 0 Å². The highest BCUT2D eigenvalue weighted by atomic mass is 79.9. The first-order valence-electron chi connectivity index (χ1n) is 7.72. The molecule has 1 aliphatic heterocycles. The molecule has 1 aliphatic rings. The van der Waals surface area contributed by atoms with Crippen molar-refractivity contribution in [3.63, 3.8) is 0 Å². The van der Waals surface area contributed by atoms with E-state index in [1.54, 1.807) is 13.1 Å². The van der Waals surface area contributed by atoms with Crippen LogP contribution in [0, 0.1) is 5.82 Å². The maximum Gasteiger partial charge on any atom is 0.272 e. The number of halogens is 2. The Morgan fingerprint density at radius 2 is 1.92 bits per heavy atom. The van der Waals surface area contributed by atoms with E-state index in [9.17, 15) is 17.6 Å². The lowest BCUT2D eigenvalue weighted by Crippen LogP contribution is -2.27. The maximum atomic E-state index is 13.9. The van der Waals surface area contributed by atoms with Gasteiger partial charge in [-0.2, -0.15) is 4.31 Å². The van der Waals surface area contributed by atoms with Crippen LogP contribution in [0.1, 0.15) is 23.3 Å². The molecule has 0 atom stereocenters. The van der Waals surface area contributed by atoms with Gasteiger partial charge >= 0.3 is 0 Å². The summed E-state index contributed by atoms with van der Waals surface area (Å²) in [7, 11) is -2.03. The normalized spacial score (nSPS) is 15.5. The van der Waals surface area contributed by atoms with E-state index in [0.717, 1.165) is 12.8 Å². The zero-order valence-electron chi connectivity index (χ0n) is 13.5. The smallest absolute Gasteiger partial charge is 0.272 e. The van der Waals surface area contributed by atoms with Gasteiger partial charge in [-0.15, -0.1) is 0 Å². The number of benzene rings is 1. The summed E-state index contributed by atoms with van der Waals surface area (Å²) in [6.07, 6.45) is 3.07. The third-order valence-electron chi connectivity index (χ3n) is 4.09. The van der Waals surface area contributed by atoms with Crippen molar-refractivity contribution in [1.29, 1.82) is 0 Å². The number of anilines is 1. The summed E-state index contributed by atoms with van der Waals surface area (Å²) >= 11 is 3.15. The molecule has 9 heteroatoms. The zero-order chi connectivity index (χ0) is 18.2. The highest BCUT2D eigenvalue weighted by Gasteiger charge is 2.29. The highest BCUT2D eigenvalue weighted by molar-refractivity contribution is 9.10. The van der Waals surface area contributed by atoms with Gasteiger partial charge in [0, 0.05) is 30.8 Å². The van der Waals surface area contributed by atoms with E-state index in [-0.39, 0.29) is 16.3 Å². The van der Waals surface area contributed by atoms with E-state index >= 15 is 0 Å². The minimum atomic E-state index is -3.61. The lowest BCUT2D eigenvalue weighted by atomic mass is 10.3. The average Bonchev–Trinajstić information content (AvgIpc) is 3.20. The van der Waals surface area contributed by atoms with Gasteiger partial charge in [0.25, 0.3) is 5.91 Å². The van der Waals surface area contributed by atoms with Gasteiger partial charge < -0.3 is 9.88 Å². The van der Waals surface area contributed by atoms with E-state index in [4.69, 9.17) is 0 Å². The Balaban J connectivity index is 1.85. The number of sulfonamides is 1. The van der Waals surface area contributed by atoms with Gasteiger partial charge in [0.15, 0.2) is 0 Å².